The Morgan fingerprint density at radius 1 is 0.884 bits per heavy atom. The van der Waals surface area contributed by atoms with Crippen LogP contribution < -0.4 is 10.1 Å². The molecule has 3 aromatic rings. The molecule has 1 saturated heterocycles. The van der Waals surface area contributed by atoms with Crippen molar-refractivity contribution in [2.75, 3.05) is 44.8 Å². The van der Waals surface area contributed by atoms with Gasteiger partial charge in [-0.3, -0.25) is 9.69 Å². The summed E-state index contributed by atoms with van der Waals surface area (Å²) in [6.07, 6.45) is -5.21. The van der Waals surface area contributed by atoms with E-state index >= 15 is 0 Å². The van der Waals surface area contributed by atoms with Gasteiger partial charge in [0.2, 0.25) is 5.91 Å². The molecule has 0 atom stereocenters. The number of phenolic OH excluding ortho intramolecular Hbond substituents is 1. The van der Waals surface area contributed by atoms with Gasteiger partial charge in [0.15, 0.2) is 11.5 Å². The maximum atomic E-state index is 13.1. The van der Waals surface area contributed by atoms with Gasteiger partial charge in [0.25, 0.3) is 0 Å². The van der Waals surface area contributed by atoms with Crippen molar-refractivity contribution < 1.29 is 45.7 Å². The van der Waals surface area contributed by atoms with Gasteiger partial charge < -0.3 is 19.9 Å². The summed E-state index contributed by atoms with van der Waals surface area (Å²) in [7, 11) is 0. The molecule has 0 spiro atoms. The lowest BCUT2D eigenvalue weighted by Gasteiger charge is -2.26. The van der Waals surface area contributed by atoms with Gasteiger partial charge in [0.05, 0.1) is 24.3 Å². The predicted octanol–water partition coefficient (Wildman–Crippen LogP) is 6.77. The number of amides is 1. The number of alkyl halides is 6. The number of rotatable bonds is 9. The van der Waals surface area contributed by atoms with Crippen LogP contribution >= 0.6 is 0 Å². The van der Waals surface area contributed by atoms with Crippen molar-refractivity contribution in [1.82, 2.24) is 4.90 Å². The van der Waals surface area contributed by atoms with E-state index in [4.69, 9.17) is 9.47 Å². The average Bonchev–Trinajstić information content (AvgIpc) is 2.97. The first kappa shape index (κ1) is 31.6. The van der Waals surface area contributed by atoms with Crippen molar-refractivity contribution in [3.63, 3.8) is 0 Å². The number of benzene rings is 3. The van der Waals surface area contributed by atoms with Crippen LogP contribution in [0.4, 0.5) is 32.0 Å². The number of anilines is 1. The van der Waals surface area contributed by atoms with Gasteiger partial charge in [-0.15, -0.1) is 0 Å². The minimum atomic E-state index is -4.56. The van der Waals surface area contributed by atoms with Crippen LogP contribution in [0.5, 0.6) is 11.5 Å². The molecule has 1 amide bonds. The normalized spacial score (nSPS) is 14.5. The zero-order chi connectivity index (χ0) is 31.0. The maximum absolute atomic E-state index is 13.1. The molecule has 0 bridgehead atoms. The number of phenols is 1. The molecule has 228 valence electrons. The van der Waals surface area contributed by atoms with E-state index in [0.717, 1.165) is 43.4 Å². The molecule has 1 heterocycles. The molecule has 0 radical (unpaired) electrons. The van der Waals surface area contributed by atoms with Crippen molar-refractivity contribution in [3.05, 3.63) is 107 Å². The van der Waals surface area contributed by atoms with Crippen LogP contribution in [0, 0.1) is 0 Å². The van der Waals surface area contributed by atoms with Gasteiger partial charge >= 0.3 is 12.4 Å². The molecular weight excluding hydrogens is 578 g/mol. The smallest absolute Gasteiger partial charge is 0.416 e. The Bertz CT molecular complexity index is 1380. The molecule has 0 unspecified atom stereocenters. The molecule has 1 fully saturated rings. The number of nitrogens with one attached hydrogen (secondary N) is 1. The van der Waals surface area contributed by atoms with Gasteiger partial charge in [-0.25, -0.2) is 0 Å². The summed E-state index contributed by atoms with van der Waals surface area (Å²) in [6.45, 7) is 3.80. The Kier molecular flexibility index (Phi) is 10.1. The van der Waals surface area contributed by atoms with Crippen molar-refractivity contribution in [1.29, 1.82) is 0 Å². The lowest BCUT2D eigenvalue weighted by Crippen LogP contribution is -2.38. The number of nitrogens with zero attached hydrogens (tertiary/aromatic N) is 1. The standard InChI is InChI=1S/C31H28F6N2O4/c32-30(33,34)23-8-4-21(5-9-23)26(22-6-10-24(11-7-22)31(35,36)37)2-1-3-29(41)38-25-12-13-27(40)28(20-25)43-19-16-39-14-17-42-18-15-39/h1-13,20,40H,14-19H2,(H,38,41)/b3-1+. The SMILES string of the molecule is O=C(/C=C/C=C(c1ccc(C(F)(F)F)cc1)c1ccc(C(F)(F)F)cc1)Nc1ccc(O)c(OCCN2CCOCC2)c1. The summed E-state index contributed by atoms with van der Waals surface area (Å²) in [5.41, 5.74) is -0.520. The molecule has 43 heavy (non-hydrogen) atoms. The minimum Gasteiger partial charge on any atom is -0.504 e. The highest BCUT2D eigenvalue weighted by molar-refractivity contribution is 6.00. The molecule has 1 aliphatic rings. The van der Waals surface area contributed by atoms with Crippen molar-refractivity contribution >= 4 is 17.2 Å². The first-order valence-corrected chi connectivity index (χ1v) is 13.2. The highest BCUT2D eigenvalue weighted by Crippen LogP contribution is 2.34. The number of ether oxygens (including phenoxy) is 2. The Balaban J connectivity index is 1.48. The number of carbonyl (C=O) groups is 1. The molecule has 12 heteroatoms. The van der Waals surface area contributed by atoms with E-state index in [1.165, 1.54) is 54.6 Å². The van der Waals surface area contributed by atoms with E-state index in [1.807, 2.05) is 0 Å². The van der Waals surface area contributed by atoms with E-state index in [0.29, 0.717) is 48.8 Å². The van der Waals surface area contributed by atoms with E-state index in [9.17, 15) is 36.2 Å². The minimum absolute atomic E-state index is 0.101. The Morgan fingerprint density at radius 2 is 1.44 bits per heavy atom. The first-order chi connectivity index (χ1) is 20.4. The highest BCUT2D eigenvalue weighted by atomic mass is 19.4. The van der Waals surface area contributed by atoms with Crippen LogP contribution in [0.1, 0.15) is 22.3 Å². The summed E-state index contributed by atoms with van der Waals surface area (Å²) < 4.78 is 89.3. The topological polar surface area (TPSA) is 71.0 Å². The van der Waals surface area contributed by atoms with Crippen LogP contribution in [0.25, 0.3) is 5.57 Å². The second-order valence-electron chi connectivity index (χ2n) is 9.56. The quantitative estimate of drug-likeness (QED) is 0.122. The fourth-order valence-corrected chi connectivity index (χ4v) is 4.27. The van der Waals surface area contributed by atoms with Crippen LogP contribution in [0.2, 0.25) is 0 Å². The van der Waals surface area contributed by atoms with Crippen molar-refractivity contribution in [2.24, 2.45) is 0 Å². The molecule has 3 aromatic carbocycles. The summed E-state index contributed by atoms with van der Waals surface area (Å²) >= 11 is 0. The number of carbonyl (C=O) groups excluding carboxylic acids is 1. The summed E-state index contributed by atoms with van der Waals surface area (Å²) in [5.74, 6) is -0.488. The van der Waals surface area contributed by atoms with Gasteiger partial charge in [0, 0.05) is 37.5 Å². The monoisotopic (exact) mass is 606 g/mol. The molecule has 2 N–H and O–H groups in total. The number of halogens is 6. The van der Waals surface area contributed by atoms with Crippen molar-refractivity contribution in [3.8, 4) is 11.5 Å². The fraction of sp³-hybridized carbons (Fsp3) is 0.258. The zero-order valence-electron chi connectivity index (χ0n) is 22.7. The third-order valence-electron chi connectivity index (χ3n) is 6.55. The predicted molar refractivity (Wildman–Crippen MR) is 149 cm³/mol. The summed E-state index contributed by atoms with van der Waals surface area (Å²) in [4.78, 5) is 14.8. The zero-order valence-corrected chi connectivity index (χ0v) is 22.7. The van der Waals surface area contributed by atoms with Gasteiger partial charge in [-0.05, 0) is 53.1 Å². The molecule has 0 aromatic heterocycles. The number of morpholine rings is 1. The molecule has 0 aliphatic carbocycles. The van der Waals surface area contributed by atoms with Crippen LogP contribution in [0.15, 0.2) is 85.0 Å². The molecule has 1 aliphatic heterocycles. The van der Waals surface area contributed by atoms with Gasteiger partial charge in [-0.2, -0.15) is 26.3 Å². The van der Waals surface area contributed by atoms with Crippen LogP contribution in [0.3, 0.4) is 0 Å². The lowest BCUT2D eigenvalue weighted by atomic mass is 9.95. The number of aromatic hydroxyl groups is 1. The molecular formula is C31H28F6N2O4. The van der Waals surface area contributed by atoms with Crippen molar-refractivity contribution in [2.45, 2.75) is 12.4 Å². The largest absolute Gasteiger partial charge is 0.504 e. The summed E-state index contributed by atoms with van der Waals surface area (Å²) in [5, 5.41) is 12.8. The first-order valence-electron chi connectivity index (χ1n) is 13.2. The molecule has 4 rings (SSSR count). The second kappa shape index (κ2) is 13.8. The Labute approximate surface area is 243 Å². The van der Waals surface area contributed by atoms with Crippen LogP contribution in [-0.4, -0.2) is 55.4 Å². The molecule has 6 nitrogen and oxygen atoms in total. The van der Waals surface area contributed by atoms with Crippen LogP contribution in [-0.2, 0) is 21.9 Å². The number of hydrogen-bond donors (Lipinski definition) is 2. The molecule has 0 saturated carbocycles. The maximum Gasteiger partial charge on any atom is 0.416 e. The second-order valence-corrected chi connectivity index (χ2v) is 9.56. The van der Waals surface area contributed by atoms with Gasteiger partial charge in [-0.1, -0.05) is 36.4 Å². The Hall–Kier alpha value is -4.29. The third kappa shape index (κ3) is 9.10. The number of allylic oxidation sites excluding steroid dienone is 2. The fourth-order valence-electron chi connectivity index (χ4n) is 4.27. The third-order valence-corrected chi connectivity index (χ3v) is 6.55. The Morgan fingerprint density at radius 3 is 1.98 bits per heavy atom. The summed E-state index contributed by atoms with van der Waals surface area (Å²) in [6, 6.07) is 12.6. The highest BCUT2D eigenvalue weighted by Gasteiger charge is 2.31. The van der Waals surface area contributed by atoms with E-state index in [1.54, 1.807) is 0 Å². The average molecular weight is 607 g/mol. The number of hydrogen-bond acceptors (Lipinski definition) is 5. The van der Waals surface area contributed by atoms with Gasteiger partial charge in [0.1, 0.15) is 6.61 Å². The van der Waals surface area contributed by atoms with E-state index in [-0.39, 0.29) is 11.5 Å². The lowest BCUT2D eigenvalue weighted by molar-refractivity contribution is -0.138. The van der Waals surface area contributed by atoms with E-state index in [2.05, 4.69) is 10.2 Å². The van der Waals surface area contributed by atoms with E-state index < -0.39 is 29.4 Å².